The number of carbonyl (C=O) groups is 3. The summed E-state index contributed by atoms with van der Waals surface area (Å²) in [5, 5.41) is 0. The van der Waals surface area contributed by atoms with Crippen molar-refractivity contribution < 1.29 is 36.7 Å². The van der Waals surface area contributed by atoms with Crippen LogP contribution in [0.15, 0.2) is 66.9 Å². The third kappa shape index (κ3) is 9.43. The van der Waals surface area contributed by atoms with Gasteiger partial charge in [-0.05, 0) is 59.9 Å². The first kappa shape index (κ1) is 39.0. The maximum atomic E-state index is 15.8. The van der Waals surface area contributed by atoms with Gasteiger partial charge >= 0.3 is 0 Å². The van der Waals surface area contributed by atoms with Crippen molar-refractivity contribution in [2.24, 2.45) is 11.3 Å². The maximum Gasteiger partial charge on any atom is 0.222 e. The zero-order valence-electron chi connectivity index (χ0n) is 30.3. The number of hydrogen-bond acceptors (Lipinski definition) is 6. The fourth-order valence-electron chi connectivity index (χ4n) is 6.76. The SMILES string of the molecule is CCC(=O)N(CC1CN(C(=O)CCCOc2ccc(C=O)c(N)c2)CC1F)[C@@H](c1nc(-c2cc(F)ccc2F)cn1Cc1cccc(F)c1)C(C)(C)C. The molecular formula is C40H45F4N5O4. The van der Waals surface area contributed by atoms with Crippen molar-refractivity contribution in [3.63, 3.8) is 0 Å². The van der Waals surface area contributed by atoms with Crippen LogP contribution < -0.4 is 10.5 Å². The normalized spacial score (nSPS) is 16.4. The quantitative estimate of drug-likeness (QED) is 0.0626. The van der Waals surface area contributed by atoms with Crippen LogP contribution in [0.1, 0.15) is 74.7 Å². The summed E-state index contributed by atoms with van der Waals surface area (Å²) in [4.78, 5) is 45.8. The molecule has 5 rings (SSSR count). The average Bonchev–Trinajstić information content (AvgIpc) is 3.69. The fraction of sp³-hybridized carbons (Fsp3) is 0.400. The topological polar surface area (TPSA) is 111 Å². The summed E-state index contributed by atoms with van der Waals surface area (Å²) in [6, 6.07) is 12.9. The van der Waals surface area contributed by atoms with E-state index in [1.165, 1.54) is 23.1 Å². The van der Waals surface area contributed by atoms with Crippen LogP contribution in [0, 0.1) is 28.8 Å². The summed E-state index contributed by atoms with van der Waals surface area (Å²) in [5.74, 6) is -2.23. The molecule has 13 heteroatoms. The third-order valence-corrected chi connectivity index (χ3v) is 9.39. The number of benzene rings is 3. The van der Waals surface area contributed by atoms with Gasteiger partial charge in [-0.15, -0.1) is 0 Å². The van der Waals surface area contributed by atoms with Crippen LogP contribution in [-0.2, 0) is 16.1 Å². The molecule has 0 saturated carbocycles. The van der Waals surface area contributed by atoms with E-state index in [1.54, 1.807) is 46.9 Å². The molecule has 3 atom stereocenters. The maximum absolute atomic E-state index is 15.8. The Kier molecular flexibility index (Phi) is 12.3. The highest BCUT2D eigenvalue weighted by Crippen LogP contribution is 2.41. The van der Waals surface area contributed by atoms with Crippen molar-refractivity contribution in [1.29, 1.82) is 0 Å². The lowest BCUT2D eigenvalue weighted by atomic mass is 9.84. The highest BCUT2D eigenvalue weighted by molar-refractivity contribution is 5.83. The van der Waals surface area contributed by atoms with Crippen molar-refractivity contribution in [3.05, 3.63) is 101 Å². The van der Waals surface area contributed by atoms with E-state index in [1.807, 2.05) is 20.8 Å². The summed E-state index contributed by atoms with van der Waals surface area (Å²) < 4.78 is 66.8. The Labute approximate surface area is 306 Å². The second-order valence-corrected chi connectivity index (χ2v) is 14.5. The summed E-state index contributed by atoms with van der Waals surface area (Å²) in [6.45, 7) is 7.66. The number of hydrogen-bond donors (Lipinski definition) is 1. The smallest absolute Gasteiger partial charge is 0.222 e. The van der Waals surface area contributed by atoms with E-state index in [-0.39, 0.29) is 74.4 Å². The molecule has 1 fully saturated rings. The zero-order chi connectivity index (χ0) is 38.4. The summed E-state index contributed by atoms with van der Waals surface area (Å²) in [5.41, 5.74) is 6.39. The van der Waals surface area contributed by atoms with Crippen molar-refractivity contribution in [3.8, 4) is 17.0 Å². The molecule has 3 aromatic carbocycles. The Morgan fingerprint density at radius 2 is 1.81 bits per heavy atom. The Morgan fingerprint density at radius 3 is 2.49 bits per heavy atom. The number of alkyl halides is 1. The van der Waals surface area contributed by atoms with E-state index in [9.17, 15) is 23.2 Å². The van der Waals surface area contributed by atoms with Crippen LogP contribution in [0.3, 0.4) is 0 Å². The van der Waals surface area contributed by atoms with Gasteiger partial charge in [0.1, 0.15) is 35.2 Å². The van der Waals surface area contributed by atoms with E-state index >= 15 is 8.78 Å². The molecule has 0 aliphatic carbocycles. The monoisotopic (exact) mass is 735 g/mol. The van der Waals surface area contributed by atoms with Gasteiger partial charge < -0.3 is 24.8 Å². The molecule has 1 aromatic heterocycles. The molecule has 0 radical (unpaired) electrons. The number of rotatable bonds is 14. The third-order valence-electron chi connectivity index (χ3n) is 9.39. The van der Waals surface area contributed by atoms with Crippen LogP contribution in [0.4, 0.5) is 23.2 Å². The first-order valence-corrected chi connectivity index (χ1v) is 17.6. The number of ether oxygens (including phenoxy) is 1. The average molecular weight is 736 g/mol. The Bertz CT molecular complexity index is 1940. The van der Waals surface area contributed by atoms with Crippen LogP contribution in [-0.4, -0.2) is 69.9 Å². The molecule has 282 valence electrons. The van der Waals surface area contributed by atoms with Gasteiger partial charge in [-0.1, -0.05) is 39.8 Å². The molecule has 4 aromatic rings. The molecule has 9 nitrogen and oxygen atoms in total. The first-order chi connectivity index (χ1) is 25.2. The van der Waals surface area contributed by atoms with E-state index in [2.05, 4.69) is 0 Å². The number of nitrogens with zero attached hydrogens (tertiary/aromatic N) is 4. The molecule has 1 aliphatic heterocycles. The lowest BCUT2D eigenvalue weighted by molar-refractivity contribution is -0.137. The summed E-state index contributed by atoms with van der Waals surface area (Å²) in [7, 11) is 0. The van der Waals surface area contributed by atoms with E-state index in [0.717, 1.165) is 18.2 Å². The van der Waals surface area contributed by atoms with Gasteiger partial charge in [0.25, 0.3) is 0 Å². The Hall–Kier alpha value is -5.20. The molecule has 2 N–H and O–H groups in total. The minimum atomic E-state index is -1.41. The number of aromatic nitrogens is 2. The minimum absolute atomic E-state index is 0.0304. The molecule has 2 unspecified atom stereocenters. The number of nitrogen functional groups attached to an aromatic ring is 1. The summed E-state index contributed by atoms with van der Waals surface area (Å²) >= 11 is 0. The van der Waals surface area contributed by atoms with E-state index < -0.39 is 41.0 Å². The molecule has 0 bridgehead atoms. The van der Waals surface area contributed by atoms with E-state index in [4.69, 9.17) is 15.5 Å². The molecule has 2 amide bonds. The zero-order valence-corrected chi connectivity index (χ0v) is 30.3. The number of anilines is 1. The number of aldehydes is 1. The van der Waals surface area contributed by atoms with Gasteiger partial charge in [-0.25, -0.2) is 22.5 Å². The largest absolute Gasteiger partial charge is 0.494 e. The predicted molar refractivity (Wildman–Crippen MR) is 193 cm³/mol. The number of nitrogens with two attached hydrogens (primary N) is 1. The lowest BCUT2D eigenvalue weighted by Gasteiger charge is -2.41. The molecular weight excluding hydrogens is 690 g/mol. The van der Waals surface area contributed by atoms with E-state index in [0.29, 0.717) is 35.4 Å². The van der Waals surface area contributed by atoms with Crippen molar-refractivity contribution >= 4 is 23.8 Å². The number of halogens is 4. The van der Waals surface area contributed by atoms with Gasteiger partial charge in [-0.2, -0.15) is 0 Å². The fourth-order valence-corrected chi connectivity index (χ4v) is 6.76. The van der Waals surface area contributed by atoms with Crippen LogP contribution >= 0.6 is 0 Å². The minimum Gasteiger partial charge on any atom is -0.494 e. The van der Waals surface area contributed by atoms with Crippen LogP contribution in [0.5, 0.6) is 5.75 Å². The standard InChI is InChI=1S/C40H45F4N5O4/c1-5-36(51)49(21-27-20-47(22-33(27)44)37(52)10-7-15-53-30-13-11-26(24-50)34(45)18-30)38(40(2,3)4)39-46-35(31-17-29(42)12-14-32(31)43)23-48(39)19-25-8-6-9-28(41)16-25/h6,8-9,11-14,16-18,23-24,27,33,38H,5,7,10,15,19-22,45H2,1-4H3/t27?,33?,38-/m0/s1. The van der Waals surface area contributed by atoms with Gasteiger partial charge in [0, 0.05) is 67.5 Å². The molecule has 1 saturated heterocycles. The van der Waals surface area contributed by atoms with Crippen LogP contribution in [0.2, 0.25) is 0 Å². The Morgan fingerprint density at radius 1 is 1.06 bits per heavy atom. The number of imidazole rings is 1. The molecule has 2 heterocycles. The van der Waals surface area contributed by atoms with Gasteiger partial charge in [-0.3, -0.25) is 14.4 Å². The van der Waals surface area contributed by atoms with Crippen molar-refractivity contribution in [1.82, 2.24) is 19.4 Å². The second kappa shape index (κ2) is 16.6. The first-order valence-electron chi connectivity index (χ1n) is 17.6. The van der Waals surface area contributed by atoms with Crippen molar-refractivity contribution in [2.45, 2.75) is 65.7 Å². The molecule has 1 aliphatic rings. The second-order valence-electron chi connectivity index (χ2n) is 14.5. The van der Waals surface area contributed by atoms with Crippen molar-refractivity contribution in [2.75, 3.05) is 32.0 Å². The number of carbonyl (C=O) groups excluding carboxylic acids is 3. The van der Waals surface area contributed by atoms with Gasteiger partial charge in [0.05, 0.1) is 24.9 Å². The van der Waals surface area contributed by atoms with Gasteiger partial charge in [0.2, 0.25) is 11.8 Å². The van der Waals surface area contributed by atoms with Crippen LogP contribution in [0.25, 0.3) is 11.3 Å². The highest BCUT2D eigenvalue weighted by atomic mass is 19.1. The Balaban J connectivity index is 1.38. The van der Waals surface area contributed by atoms with Gasteiger partial charge in [0.15, 0.2) is 6.29 Å². The number of likely N-dealkylation sites (tertiary alicyclic amines) is 1. The number of amides is 2. The summed E-state index contributed by atoms with van der Waals surface area (Å²) in [6.07, 6.45) is 1.36. The predicted octanol–water partition coefficient (Wildman–Crippen LogP) is 7.39. The highest BCUT2D eigenvalue weighted by Gasteiger charge is 2.43. The lowest BCUT2D eigenvalue weighted by Crippen LogP contribution is -2.46. The molecule has 53 heavy (non-hydrogen) atoms. The molecule has 0 spiro atoms.